The van der Waals surface area contributed by atoms with Crippen LogP contribution in [-0.4, -0.2) is 50.6 Å². The molecule has 2 fully saturated rings. The molecule has 0 amide bonds. The Morgan fingerprint density at radius 2 is 1.87 bits per heavy atom. The third kappa shape index (κ3) is 7.11. The lowest BCUT2D eigenvalue weighted by Crippen LogP contribution is -2.46. The van der Waals surface area contributed by atoms with Crippen molar-refractivity contribution < 1.29 is 0 Å². The molecule has 0 spiro atoms. The Kier molecular flexibility index (Phi) is 8.21. The number of likely N-dealkylation sites (tertiary alicyclic amines) is 1. The van der Waals surface area contributed by atoms with E-state index in [-0.39, 0.29) is 0 Å². The lowest BCUT2D eigenvalue weighted by molar-refractivity contribution is 0.210. The fraction of sp³-hybridized carbons (Fsp3) is 0.947. The summed E-state index contributed by atoms with van der Waals surface area (Å²) in [7, 11) is 4.11. The van der Waals surface area contributed by atoms with E-state index in [9.17, 15) is 0 Å². The van der Waals surface area contributed by atoms with Crippen LogP contribution in [0.1, 0.15) is 64.7 Å². The van der Waals surface area contributed by atoms with Crippen molar-refractivity contribution >= 4 is 5.96 Å². The van der Waals surface area contributed by atoms with Crippen LogP contribution in [0.3, 0.4) is 0 Å². The minimum atomic E-state index is 0.511. The van der Waals surface area contributed by atoms with Gasteiger partial charge in [0.1, 0.15) is 0 Å². The van der Waals surface area contributed by atoms with Gasteiger partial charge in [-0.2, -0.15) is 0 Å². The van der Waals surface area contributed by atoms with Gasteiger partial charge in [-0.1, -0.05) is 32.1 Å². The second-order valence-corrected chi connectivity index (χ2v) is 7.85. The predicted octanol–water partition coefficient (Wildman–Crippen LogP) is 3.24. The zero-order valence-electron chi connectivity index (χ0n) is 15.6. The van der Waals surface area contributed by atoms with Gasteiger partial charge in [-0.3, -0.25) is 4.99 Å². The summed E-state index contributed by atoms with van der Waals surface area (Å²) < 4.78 is 0. The molecule has 4 heteroatoms. The Bertz CT molecular complexity index is 349. The predicted molar refractivity (Wildman–Crippen MR) is 100.0 cm³/mol. The standard InChI is InChI=1S/C19H38N4/c1-16(11-12-17-8-5-4-6-9-17)22-19(20-2)21-14-18-10-7-13-23(3)15-18/h16-18H,4-15H2,1-3H3,(H2,20,21,22). The fourth-order valence-corrected chi connectivity index (χ4v) is 4.14. The van der Waals surface area contributed by atoms with Gasteiger partial charge in [0.2, 0.25) is 0 Å². The van der Waals surface area contributed by atoms with Gasteiger partial charge in [0.15, 0.2) is 5.96 Å². The summed E-state index contributed by atoms with van der Waals surface area (Å²) >= 11 is 0. The van der Waals surface area contributed by atoms with Gasteiger partial charge in [0, 0.05) is 26.2 Å². The molecule has 4 nitrogen and oxygen atoms in total. The number of rotatable bonds is 6. The molecule has 1 saturated carbocycles. The van der Waals surface area contributed by atoms with Crippen molar-refractivity contribution in [2.75, 3.05) is 33.7 Å². The normalized spacial score (nSPS) is 26.0. The van der Waals surface area contributed by atoms with E-state index in [1.807, 2.05) is 7.05 Å². The molecule has 1 saturated heterocycles. The molecule has 2 N–H and O–H groups in total. The molecule has 0 aromatic heterocycles. The largest absolute Gasteiger partial charge is 0.356 e. The summed E-state index contributed by atoms with van der Waals surface area (Å²) in [6.07, 6.45) is 12.6. The molecular formula is C19H38N4. The van der Waals surface area contributed by atoms with E-state index in [0.717, 1.165) is 24.3 Å². The van der Waals surface area contributed by atoms with E-state index in [1.54, 1.807) is 0 Å². The lowest BCUT2D eigenvalue weighted by Gasteiger charge is -2.30. The quantitative estimate of drug-likeness (QED) is 0.582. The summed E-state index contributed by atoms with van der Waals surface area (Å²) in [5.41, 5.74) is 0. The molecule has 2 atom stereocenters. The summed E-state index contributed by atoms with van der Waals surface area (Å²) in [5.74, 6) is 2.71. The molecule has 1 aliphatic heterocycles. The topological polar surface area (TPSA) is 39.7 Å². The minimum Gasteiger partial charge on any atom is -0.356 e. The van der Waals surface area contributed by atoms with Crippen molar-refractivity contribution in [1.29, 1.82) is 0 Å². The van der Waals surface area contributed by atoms with Crippen molar-refractivity contribution in [2.24, 2.45) is 16.8 Å². The van der Waals surface area contributed by atoms with Crippen LogP contribution in [0.5, 0.6) is 0 Å². The van der Waals surface area contributed by atoms with Crippen LogP contribution >= 0.6 is 0 Å². The van der Waals surface area contributed by atoms with Crippen molar-refractivity contribution in [1.82, 2.24) is 15.5 Å². The zero-order chi connectivity index (χ0) is 16.5. The van der Waals surface area contributed by atoms with Gasteiger partial charge in [0.25, 0.3) is 0 Å². The molecule has 0 bridgehead atoms. The number of nitrogens with zero attached hydrogens (tertiary/aromatic N) is 2. The highest BCUT2D eigenvalue weighted by atomic mass is 15.2. The van der Waals surface area contributed by atoms with Gasteiger partial charge in [-0.25, -0.2) is 0 Å². The van der Waals surface area contributed by atoms with Gasteiger partial charge in [-0.15, -0.1) is 0 Å². The van der Waals surface area contributed by atoms with Crippen LogP contribution in [0.25, 0.3) is 0 Å². The molecule has 134 valence electrons. The van der Waals surface area contributed by atoms with Crippen LogP contribution in [0.15, 0.2) is 4.99 Å². The maximum absolute atomic E-state index is 4.41. The first-order valence-electron chi connectivity index (χ1n) is 9.83. The number of nitrogens with one attached hydrogen (secondary N) is 2. The Labute approximate surface area is 143 Å². The van der Waals surface area contributed by atoms with Gasteiger partial charge >= 0.3 is 0 Å². The number of piperidine rings is 1. The van der Waals surface area contributed by atoms with Crippen LogP contribution in [0.4, 0.5) is 0 Å². The molecule has 2 rings (SSSR count). The zero-order valence-corrected chi connectivity index (χ0v) is 15.6. The van der Waals surface area contributed by atoms with E-state index in [1.165, 1.54) is 70.9 Å². The maximum Gasteiger partial charge on any atom is 0.191 e. The minimum absolute atomic E-state index is 0.511. The van der Waals surface area contributed by atoms with Crippen LogP contribution in [0.2, 0.25) is 0 Å². The Morgan fingerprint density at radius 3 is 2.57 bits per heavy atom. The molecule has 1 heterocycles. The first kappa shape index (κ1) is 18.6. The van der Waals surface area contributed by atoms with Crippen LogP contribution in [-0.2, 0) is 0 Å². The lowest BCUT2D eigenvalue weighted by atomic mass is 9.85. The van der Waals surface area contributed by atoms with Crippen molar-refractivity contribution in [2.45, 2.75) is 70.8 Å². The van der Waals surface area contributed by atoms with Crippen molar-refractivity contribution in [3.8, 4) is 0 Å². The van der Waals surface area contributed by atoms with Gasteiger partial charge in [-0.05, 0) is 58.0 Å². The van der Waals surface area contributed by atoms with Crippen molar-refractivity contribution in [3.63, 3.8) is 0 Å². The summed E-state index contributed by atoms with van der Waals surface area (Å²) in [5, 5.41) is 7.12. The number of aliphatic imine (C=N–C) groups is 1. The molecule has 0 radical (unpaired) electrons. The monoisotopic (exact) mass is 322 g/mol. The third-order valence-electron chi connectivity index (χ3n) is 5.62. The fourth-order valence-electron chi connectivity index (χ4n) is 4.14. The molecule has 1 aliphatic carbocycles. The average molecular weight is 323 g/mol. The van der Waals surface area contributed by atoms with Crippen molar-refractivity contribution in [3.05, 3.63) is 0 Å². The van der Waals surface area contributed by atoms with Gasteiger partial charge < -0.3 is 15.5 Å². The van der Waals surface area contributed by atoms with E-state index in [0.29, 0.717) is 6.04 Å². The maximum atomic E-state index is 4.41. The number of hydrogen-bond acceptors (Lipinski definition) is 2. The van der Waals surface area contributed by atoms with Crippen LogP contribution in [0, 0.1) is 11.8 Å². The summed E-state index contributed by atoms with van der Waals surface area (Å²) in [6, 6.07) is 0.511. The second-order valence-electron chi connectivity index (χ2n) is 7.85. The highest BCUT2D eigenvalue weighted by Gasteiger charge is 2.18. The van der Waals surface area contributed by atoms with E-state index in [4.69, 9.17) is 0 Å². The first-order valence-corrected chi connectivity index (χ1v) is 9.83. The van der Waals surface area contributed by atoms with E-state index >= 15 is 0 Å². The molecule has 0 aromatic rings. The Morgan fingerprint density at radius 1 is 1.13 bits per heavy atom. The van der Waals surface area contributed by atoms with E-state index < -0.39 is 0 Å². The van der Waals surface area contributed by atoms with Gasteiger partial charge in [0.05, 0.1) is 0 Å². The number of guanidine groups is 1. The summed E-state index contributed by atoms with van der Waals surface area (Å²) in [4.78, 5) is 6.85. The molecular weight excluding hydrogens is 284 g/mol. The highest BCUT2D eigenvalue weighted by Crippen LogP contribution is 2.27. The molecule has 0 aromatic carbocycles. The molecule has 23 heavy (non-hydrogen) atoms. The smallest absolute Gasteiger partial charge is 0.191 e. The molecule has 2 aliphatic rings. The Hall–Kier alpha value is -0.770. The average Bonchev–Trinajstić information content (AvgIpc) is 2.58. The number of hydrogen-bond donors (Lipinski definition) is 2. The SMILES string of the molecule is CN=C(NCC1CCCN(C)C1)NC(C)CCC1CCCCC1. The first-order chi connectivity index (χ1) is 11.2. The molecule has 2 unspecified atom stereocenters. The highest BCUT2D eigenvalue weighted by molar-refractivity contribution is 5.79. The van der Waals surface area contributed by atoms with Crippen LogP contribution < -0.4 is 10.6 Å². The van der Waals surface area contributed by atoms with E-state index in [2.05, 4.69) is 34.5 Å². The summed E-state index contributed by atoms with van der Waals surface area (Å²) in [6.45, 7) is 5.80. The second kappa shape index (κ2) is 10.2. The third-order valence-corrected chi connectivity index (χ3v) is 5.62. The Balaban J connectivity index is 1.62.